The highest BCUT2D eigenvalue weighted by Gasteiger charge is 2.57. The number of carbonyl (C=O) groups is 1. The molecule has 5 rings (SSSR count). The van der Waals surface area contributed by atoms with Crippen molar-refractivity contribution in [1.82, 2.24) is 19.7 Å². The highest BCUT2D eigenvalue weighted by Crippen LogP contribution is 2.48. The fourth-order valence-corrected chi connectivity index (χ4v) is 6.95. The summed E-state index contributed by atoms with van der Waals surface area (Å²) in [6, 6.07) is 11.2. The lowest BCUT2D eigenvalue weighted by molar-refractivity contribution is -0.188. The number of nitrogens with two attached hydrogens (primary N) is 1. The lowest BCUT2D eigenvalue weighted by atomic mass is 9.87. The van der Waals surface area contributed by atoms with E-state index in [1.54, 1.807) is 30.3 Å². The van der Waals surface area contributed by atoms with Crippen LogP contribution in [0, 0.1) is 17.2 Å². The number of ether oxygens (including phenoxy) is 2. The number of esters is 1. The minimum absolute atomic E-state index is 0.0102. The van der Waals surface area contributed by atoms with Crippen molar-refractivity contribution >= 4 is 25.1 Å². The van der Waals surface area contributed by atoms with Crippen molar-refractivity contribution in [3.63, 3.8) is 0 Å². The molecular weight excluding hydrogens is 636 g/mol. The Morgan fingerprint density at radius 3 is 2.59 bits per heavy atom. The molecule has 0 bridgehead atoms. The summed E-state index contributed by atoms with van der Waals surface area (Å²) in [4.78, 5) is 16.8. The first-order chi connectivity index (χ1) is 21.7. The summed E-state index contributed by atoms with van der Waals surface area (Å²) < 4.78 is 76.9. The van der Waals surface area contributed by atoms with E-state index in [0.717, 1.165) is 0 Å². The van der Waals surface area contributed by atoms with Crippen LogP contribution in [0.25, 0.3) is 5.52 Å². The average Bonchev–Trinajstić information content (AvgIpc) is 3.56. The van der Waals surface area contributed by atoms with Crippen LogP contribution < -0.4 is 15.3 Å². The number of benzene rings is 1. The number of fused-ring (bicyclic) bond motifs is 1. The van der Waals surface area contributed by atoms with Crippen LogP contribution in [0.15, 0.2) is 48.8 Å². The zero-order valence-electron chi connectivity index (χ0n) is 24.4. The molecule has 1 aliphatic heterocycles. The van der Waals surface area contributed by atoms with Gasteiger partial charge in [-0.05, 0) is 56.9 Å². The van der Waals surface area contributed by atoms with Gasteiger partial charge >= 0.3 is 19.9 Å². The minimum atomic E-state index is -4.58. The Hall–Kier alpha value is -3.78. The molecule has 248 valence electrons. The molecule has 0 unspecified atom stereocenters. The zero-order chi connectivity index (χ0) is 33.3. The van der Waals surface area contributed by atoms with E-state index in [-0.39, 0.29) is 42.9 Å². The Balaban J connectivity index is 1.31. The first-order valence-electron chi connectivity index (χ1n) is 14.3. The van der Waals surface area contributed by atoms with Crippen LogP contribution in [0.1, 0.15) is 44.4 Å². The number of aliphatic hydroxyl groups excluding tert-OH is 2. The molecule has 46 heavy (non-hydrogen) atoms. The van der Waals surface area contributed by atoms with Gasteiger partial charge in [-0.1, -0.05) is 18.2 Å². The molecule has 2 aromatic heterocycles. The number of hydrogen-bond acceptors (Lipinski definition) is 12. The van der Waals surface area contributed by atoms with Gasteiger partial charge in [0.15, 0.2) is 5.82 Å². The van der Waals surface area contributed by atoms with Crippen molar-refractivity contribution in [3.8, 4) is 11.8 Å². The lowest BCUT2D eigenvalue weighted by Crippen LogP contribution is -2.46. The van der Waals surface area contributed by atoms with Crippen molar-refractivity contribution in [2.24, 2.45) is 5.92 Å². The van der Waals surface area contributed by atoms with Gasteiger partial charge in [0, 0.05) is 0 Å². The van der Waals surface area contributed by atoms with Crippen LogP contribution >= 0.6 is 7.75 Å². The second kappa shape index (κ2) is 13.1. The van der Waals surface area contributed by atoms with Gasteiger partial charge in [0.25, 0.3) is 0 Å². The van der Waals surface area contributed by atoms with Gasteiger partial charge in [-0.25, -0.2) is 14.1 Å². The van der Waals surface area contributed by atoms with Crippen LogP contribution in [0.2, 0.25) is 0 Å². The maximum atomic E-state index is 14.0. The average molecular weight is 669 g/mol. The Labute approximate surface area is 260 Å². The Morgan fingerprint density at radius 2 is 1.93 bits per heavy atom. The summed E-state index contributed by atoms with van der Waals surface area (Å²) in [5.74, 6) is -2.19. The monoisotopic (exact) mass is 668 g/mol. The lowest BCUT2D eigenvalue weighted by Gasteiger charge is -2.31. The predicted molar refractivity (Wildman–Crippen MR) is 153 cm³/mol. The van der Waals surface area contributed by atoms with Crippen LogP contribution in [-0.2, 0) is 23.4 Å². The van der Waals surface area contributed by atoms with E-state index in [1.807, 2.05) is 0 Å². The molecule has 1 saturated carbocycles. The molecule has 1 aromatic carbocycles. The molecule has 18 heteroatoms. The van der Waals surface area contributed by atoms with Gasteiger partial charge in [-0.3, -0.25) is 9.32 Å². The molecule has 1 aliphatic carbocycles. The summed E-state index contributed by atoms with van der Waals surface area (Å²) in [5.41, 5.74) is 4.22. The van der Waals surface area contributed by atoms with E-state index in [4.69, 9.17) is 24.3 Å². The second-order valence-electron chi connectivity index (χ2n) is 11.2. The normalized spacial score (nSPS) is 28.7. The molecule has 14 nitrogen and oxygen atoms in total. The molecule has 2 fully saturated rings. The molecule has 2 aliphatic rings. The Morgan fingerprint density at radius 1 is 1.24 bits per heavy atom. The third kappa shape index (κ3) is 6.97. The largest absolute Gasteiger partial charge is 0.461 e. The number of nitrogen functional groups attached to an aromatic ring is 1. The van der Waals surface area contributed by atoms with Crippen LogP contribution in [0.5, 0.6) is 5.75 Å². The zero-order valence-corrected chi connectivity index (χ0v) is 25.3. The third-order valence-corrected chi connectivity index (χ3v) is 9.61. The number of anilines is 1. The van der Waals surface area contributed by atoms with E-state index in [9.17, 15) is 38.0 Å². The number of aliphatic hydroxyl groups is 2. The maximum absolute atomic E-state index is 14.0. The quantitative estimate of drug-likeness (QED) is 0.181. The summed E-state index contributed by atoms with van der Waals surface area (Å²) in [6.07, 6.45) is -9.11. The molecular formula is C28H32F3N6O8P. The van der Waals surface area contributed by atoms with E-state index >= 15 is 0 Å². The molecule has 3 aromatic rings. The number of nitrogens with one attached hydrogen (secondary N) is 1. The van der Waals surface area contributed by atoms with Crippen LogP contribution in [0.3, 0.4) is 0 Å². The van der Waals surface area contributed by atoms with E-state index < -0.39 is 68.5 Å². The number of aromatic nitrogens is 3. The van der Waals surface area contributed by atoms with Gasteiger partial charge in [0.2, 0.25) is 5.60 Å². The number of hydrogen-bond donors (Lipinski definition) is 4. The summed E-state index contributed by atoms with van der Waals surface area (Å²) in [5, 5.41) is 38.5. The third-order valence-electron chi connectivity index (χ3n) is 7.98. The summed E-state index contributed by atoms with van der Waals surface area (Å²) >= 11 is 0. The maximum Gasteiger partial charge on any atom is 0.459 e. The van der Waals surface area contributed by atoms with Crippen molar-refractivity contribution in [2.75, 3.05) is 12.3 Å². The number of carbonyl (C=O) groups excluding carboxylic acids is 1. The Bertz CT molecular complexity index is 1630. The van der Waals surface area contributed by atoms with Crippen molar-refractivity contribution in [1.29, 1.82) is 5.26 Å². The topological polar surface area (TPSA) is 204 Å². The smallest absolute Gasteiger partial charge is 0.459 e. The first kappa shape index (κ1) is 33.6. The number of rotatable bonds is 10. The molecule has 3 heterocycles. The molecule has 0 spiro atoms. The van der Waals surface area contributed by atoms with Gasteiger partial charge in [0.1, 0.15) is 60.7 Å². The molecule has 6 atom stereocenters. The highest BCUT2D eigenvalue weighted by atomic mass is 31.2. The highest BCUT2D eigenvalue weighted by molar-refractivity contribution is 7.52. The second-order valence-corrected chi connectivity index (χ2v) is 12.8. The van der Waals surface area contributed by atoms with Crippen LogP contribution in [-0.4, -0.2) is 73.5 Å². The van der Waals surface area contributed by atoms with Crippen molar-refractivity contribution in [2.45, 2.75) is 74.8 Å². The van der Waals surface area contributed by atoms with Gasteiger partial charge in [-0.2, -0.15) is 28.6 Å². The molecule has 1 saturated heterocycles. The predicted octanol–water partition coefficient (Wildman–Crippen LogP) is 3.21. The van der Waals surface area contributed by atoms with Gasteiger partial charge in [0.05, 0.1) is 11.6 Å². The molecule has 5 N–H and O–H groups in total. The summed E-state index contributed by atoms with van der Waals surface area (Å²) in [7, 11) is -4.58. The van der Waals surface area contributed by atoms with E-state index in [2.05, 4.69) is 15.2 Å². The number of para-hydroxylation sites is 1. The van der Waals surface area contributed by atoms with Gasteiger partial charge in [-0.15, -0.1) is 0 Å². The van der Waals surface area contributed by atoms with Crippen molar-refractivity contribution < 1.29 is 51.3 Å². The molecule has 0 amide bonds. The molecule has 0 radical (unpaired) electrons. The fraction of sp³-hybridized carbons (Fsp3) is 0.500. The number of nitrogens with zero attached hydrogens (tertiary/aromatic N) is 4. The Kier molecular flexibility index (Phi) is 9.60. The van der Waals surface area contributed by atoms with Gasteiger partial charge < -0.3 is 29.9 Å². The fourth-order valence-electron chi connectivity index (χ4n) is 5.43. The standard InChI is InChI=1S/C28H32F3N6O8P/c1-16(26(40)43-18-9-7-17(8-10-18)28(29,30)31)36-46(41,45-19-5-3-2-4-6-19)42-14-27(13-32)24(39)22(38)23(44-27)20-11-12-21-25(33)34-15-35-37(20)21/h2-6,11-12,15-18,22-24,38-39H,7-10,14H2,1H3,(H,36,41)(H2,33,34,35)/t16-,17?,18?,22+,23+,24+,27-,46-/m1/s1. The number of nitriles is 1. The minimum Gasteiger partial charge on any atom is -0.461 e. The van der Waals surface area contributed by atoms with E-state index in [0.29, 0.717) is 5.52 Å². The van der Waals surface area contributed by atoms with E-state index in [1.165, 1.54) is 36.0 Å². The SMILES string of the molecule is C[C@@H](N[P@@](=O)(OC[C@@]1(C#N)O[C@@H](c2ccc3c(N)ncnn23)[C@H](O)[C@@H]1O)Oc1ccccc1)C(=O)OC1CCC(C(F)(F)F)CC1. The number of alkyl halides is 3. The summed E-state index contributed by atoms with van der Waals surface area (Å²) in [6.45, 7) is 0.388. The van der Waals surface area contributed by atoms with Crippen molar-refractivity contribution in [3.05, 3.63) is 54.5 Å². The number of halogens is 3. The first-order valence-corrected chi connectivity index (χ1v) is 15.9. The van der Waals surface area contributed by atoms with Crippen LogP contribution in [0.4, 0.5) is 19.0 Å².